The standard InChI is InChI=1S/C14H12F2O/c15-9-11-6-12(10-16)8-14(7-11)17-13-4-2-1-3-5-13/h1-8H,9-10H2. The highest BCUT2D eigenvalue weighted by molar-refractivity contribution is 5.37. The second-order valence-electron chi connectivity index (χ2n) is 3.67. The fourth-order valence-corrected chi connectivity index (χ4v) is 1.57. The predicted octanol–water partition coefficient (Wildman–Crippen LogP) is 4.42. The Labute approximate surface area is 98.7 Å². The average molecular weight is 234 g/mol. The van der Waals surface area contributed by atoms with E-state index >= 15 is 0 Å². The van der Waals surface area contributed by atoms with Crippen molar-refractivity contribution in [3.05, 3.63) is 59.7 Å². The third kappa shape index (κ3) is 3.03. The fraction of sp³-hybridized carbons (Fsp3) is 0.143. The third-order valence-corrected chi connectivity index (χ3v) is 2.31. The lowest BCUT2D eigenvalue weighted by Crippen LogP contribution is -1.89. The van der Waals surface area contributed by atoms with E-state index in [2.05, 4.69) is 0 Å². The van der Waals surface area contributed by atoms with E-state index in [1.165, 1.54) is 6.07 Å². The highest BCUT2D eigenvalue weighted by Crippen LogP contribution is 2.24. The summed E-state index contributed by atoms with van der Waals surface area (Å²) < 4.78 is 30.7. The lowest BCUT2D eigenvalue weighted by molar-refractivity contribution is 0.457. The summed E-state index contributed by atoms with van der Waals surface area (Å²) in [5, 5.41) is 0. The first kappa shape index (κ1) is 11.6. The zero-order chi connectivity index (χ0) is 12.1. The van der Waals surface area contributed by atoms with Crippen molar-refractivity contribution < 1.29 is 13.5 Å². The van der Waals surface area contributed by atoms with Crippen molar-refractivity contribution in [2.24, 2.45) is 0 Å². The molecular formula is C14H12F2O. The minimum Gasteiger partial charge on any atom is -0.457 e. The number of para-hydroxylation sites is 1. The Kier molecular flexibility index (Phi) is 3.70. The van der Waals surface area contributed by atoms with Crippen LogP contribution < -0.4 is 4.74 Å². The van der Waals surface area contributed by atoms with Gasteiger partial charge in [0.25, 0.3) is 0 Å². The summed E-state index contributed by atoms with van der Waals surface area (Å²) in [6, 6.07) is 13.8. The first-order chi connectivity index (χ1) is 8.31. The van der Waals surface area contributed by atoms with Crippen LogP contribution in [-0.4, -0.2) is 0 Å². The van der Waals surface area contributed by atoms with Gasteiger partial charge in [0.05, 0.1) is 0 Å². The van der Waals surface area contributed by atoms with Crippen molar-refractivity contribution in [3.8, 4) is 11.5 Å². The molecule has 1 nitrogen and oxygen atoms in total. The highest BCUT2D eigenvalue weighted by atomic mass is 19.1. The van der Waals surface area contributed by atoms with Gasteiger partial charge < -0.3 is 4.74 Å². The SMILES string of the molecule is FCc1cc(CF)cc(Oc2ccccc2)c1. The van der Waals surface area contributed by atoms with Crippen LogP contribution in [0.5, 0.6) is 11.5 Å². The number of ether oxygens (including phenoxy) is 1. The largest absolute Gasteiger partial charge is 0.457 e. The lowest BCUT2D eigenvalue weighted by Gasteiger charge is -2.08. The van der Waals surface area contributed by atoms with Gasteiger partial charge >= 0.3 is 0 Å². The van der Waals surface area contributed by atoms with E-state index in [0.717, 1.165) is 0 Å². The van der Waals surface area contributed by atoms with Gasteiger partial charge in [-0.1, -0.05) is 24.3 Å². The van der Waals surface area contributed by atoms with Crippen LogP contribution in [0.3, 0.4) is 0 Å². The van der Waals surface area contributed by atoms with E-state index in [-0.39, 0.29) is 0 Å². The first-order valence-electron chi connectivity index (χ1n) is 5.29. The van der Waals surface area contributed by atoms with Crippen LogP contribution in [0.15, 0.2) is 48.5 Å². The second-order valence-corrected chi connectivity index (χ2v) is 3.67. The maximum Gasteiger partial charge on any atom is 0.128 e. The molecule has 0 aromatic heterocycles. The maximum absolute atomic E-state index is 12.6. The van der Waals surface area contributed by atoms with Crippen LogP contribution >= 0.6 is 0 Å². The monoisotopic (exact) mass is 234 g/mol. The molecule has 0 amide bonds. The number of hydrogen-bond acceptors (Lipinski definition) is 1. The van der Waals surface area contributed by atoms with Crippen molar-refractivity contribution in [1.29, 1.82) is 0 Å². The van der Waals surface area contributed by atoms with Crippen molar-refractivity contribution in [2.75, 3.05) is 0 Å². The predicted molar refractivity (Wildman–Crippen MR) is 62.6 cm³/mol. The molecule has 17 heavy (non-hydrogen) atoms. The first-order valence-corrected chi connectivity index (χ1v) is 5.29. The third-order valence-electron chi connectivity index (χ3n) is 2.31. The van der Waals surface area contributed by atoms with Gasteiger partial charge in [-0.25, -0.2) is 8.78 Å². The van der Waals surface area contributed by atoms with Crippen molar-refractivity contribution >= 4 is 0 Å². The molecule has 0 fully saturated rings. The van der Waals surface area contributed by atoms with Crippen LogP contribution in [0.25, 0.3) is 0 Å². The molecule has 2 aromatic carbocycles. The summed E-state index contributed by atoms with van der Waals surface area (Å²) in [6.07, 6.45) is 0. The average Bonchev–Trinajstić information content (AvgIpc) is 2.39. The molecule has 0 saturated carbocycles. The number of rotatable bonds is 4. The normalized spacial score (nSPS) is 10.2. The van der Waals surface area contributed by atoms with Crippen LogP contribution in [0.4, 0.5) is 8.78 Å². The summed E-state index contributed by atoms with van der Waals surface area (Å²) in [5.74, 6) is 1.10. The summed E-state index contributed by atoms with van der Waals surface area (Å²) in [4.78, 5) is 0. The summed E-state index contributed by atoms with van der Waals surface area (Å²) >= 11 is 0. The van der Waals surface area contributed by atoms with Crippen LogP contribution in [0.2, 0.25) is 0 Å². The zero-order valence-corrected chi connectivity index (χ0v) is 9.20. The topological polar surface area (TPSA) is 9.23 Å². The minimum atomic E-state index is -0.626. The Morgan fingerprint density at radius 3 is 1.88 bits per heavy atom. The van der Waals surface area contributed by atoms with Gasteiger partial charge in [0, 0.05) is 0 Å². The summed E-state index contributed by atoms with van der Waals surface area (Å²) in [5.41, 5.74) is 0.845. The van der Waals surface area contributed by atoms with Gasteiger partial charge in [-0.2, -0.15) is 0 Å². The highest BCUT2D eigenvalue weighted by Gasteiger charge is 2.03. The molecule has 0 aliphatic heterocycles. The molecule has 0 N–H and O–H groups in total. The molecule has 0 heterocycles. The lowest BCUT2D eigenvalue weighted by atomic mass is 10.1. The zero-order valence-electron chi connectivity index (χ0n) is 9.20. The van der Waals surface area contributed by atoms with Gasteiger partial charge in [0.2, 0.25) is 0 Å². The number of alkyl halides is 2. The minimum absolute atomic E-state index is 0.422. The number of benzene rings is 2. The Morgan fingerprint density at radius 2 is 1.35 bits per heavy atom. The van der Waals surface area contributed by atoms with E-state index in [4.69, 9.17) is 4.74 Å². The molecule has 0 radical (unpaired) electrons. The van der Waals surface area contributed by atoms with Gasteiger partial charge in [0.1, 0.15) is 24.8 Å². The molecule has 0 atom stereocenters. The van der Waals surface area contributed by atoms with E-state index < -0.39 is 13.3 Å². The maximum atomic E-state index is 12.6. The fourth-order valence-electron chi connectivity index (χ4n) is 1.57. The summed E-state index contributed by atoms with van der Waals surface area (Å²) in [6.45, 7) is -1.25. The molecule has 0 spiro atoms. The quantitative estimate of drug-likeness (QED) is 0.761. The molecule has 2 rings (SSSR count). The number of halogens is 2. The van der Waals surface area contributed by atoms with Crippen molar-refractivity contribution in [1.82, 2.24) is 0 Å². The molecule has 88 valence electrons. The molecular weight excluding hydrogens is 222 g/mol. The Bertz CT molecular complexity index is 461. The van der Waals surface area contributed by atoms with Crippen LogP contribution in [0, 0.1) is 0 Å². The van der Waals surface area contributed by atoms with E-state index in [1.54, 1.807) is 24.3 Å². The molecule has 0 aliphatic carbocycles. The molecule has 0 aliphatic rings. The smallest absolute Gasteiger partial charge is 0.128 e. The van der Waals surface area contributed by atoms with Crippen molar-refractivity contribution in [3.63, 3.8) is 0 Å². The molecule has 2 aromatic rings. The molecule has 3 heteroatoms. The summed E-state index contributed by atoms with van der Waals surface area (Å²) in [7, 11) is 0. The van der Waals surface area contributed by atoms with Gasteiger partial charge in [0.15, 0.2) is 0 Å². The van der Waals surface area contributed by atoms with E-state index in [0.29, 0.717) is 22.6 Å². The van der Waals surface area contributed by atoms with Gasteiger partial charge in [-0.3, -0.25) is 0 Å². The van der Waals surface area contributed by atoms with E-state index in [9.17, 15) is 8.78 Å². The second kappa shape index (κ2) is 5.43. The Balaban J connectivity index is 2.26. The Hall–Kier alpha value is -1.90. The molecule has 0 unspecified atom stereocenters. The van der Waals surface area contributed by atoms with Crippen LogP contribution in [-0.2, 0) is 13.3 Å². The number of hydrogen-bond donors (Lipinski definition) is 0. The van der Waals surface area contributed by atoms with Gasteiger partial charge in [-0.15, -0.1) is 0 Å². The molecule has 0 saturated heterocycles. The molecule has 0 bridgehead atoms. The Morgan fingerprint density at radius 1 is 0.765 bits per heavy atom. The van der Waals surface area contributed by atoms with E-state index in [1.807, 2.05) is 18.2 Å². The van der Waals surface area contributed by atoms with Crippen molar-refractivity contribution in [2.45, 2.75) is 13.3 Å². The van der Waals surface area contributed by atoms with Crippen LogP contribution in [0.1, 0.15) is 11.1 Å². The van der Waals surface area contributed by atoms with Gasteiger partial charge in [-0.05, 0) is 35.4 Å².